The molecule has 0 radical (unpaired) electrons. The van der Waals surface area contributed by atoms with Gasteiger partial charge in [0.05, 0.1) is 11.7 Å². The van der Waals surface area contributed by atoms with Gasteiger partial charge in [-0.15, -0.1) is 0 Å². The standard InChI is InChI=1S/C14H22O/c1-13(2,3)11-8-6-7-10-9-14(4,5)15-12(10)11/h6-8,11-12H,9H2,1-5H3. The van der Waals surface area contributed by atoms with E-state index in [0.717, 1.165) is 6.42 Å². The van der Waals surface area contributed by atoms with Gasteiger partial charge in [0.15, 0.2) is 0 Å². The summed E-state index contributed by atoms with van der Waals surface area (Å²) in [6, 6.07) is 0. The molecule has 0 aromatic carbocycles. The van der Waals surface area contributed by atoms with Crippen LogP contribution in [0.1, 0.15) is 41.0 Å². The lowest BCUT2D eigenvalue weighted by molar-refractivity contribution is -0.0450. The lowest BCUT2D eigenvalue weighted by atomic mass is 9.73. The van der Waals surface area contributed by atoms with E-state index in [4.69, 9.17) is 4.74 Å². The van der Waals surface area contributed by atoms with E-state index in [2.05, 4.69) is 52.8 Å². The van der Waals surface area contributed by atoms with Crippen LogP contribution in [0.2, 0.25) is 0 Å². The van der Waals surface area contributed by atoms with Gasteiger partial charge in [-0.2, -0.15) is 0 Å². The molecule has 1 heterocycles. The Morgan fingerprint density at radius 2 is 2.00 bits per heavy atom. The predicted octanol–water partition coefficient (Wildman–Crippen LogP) is 3.71. The van der Waals surface area contributed by atoms with Crippen LogP contribution < -0.4 is 0 Å². The predicted molar refractivity (Wildman–Crippen MR) is 63.7 cm³/mol. The second kappa shape index (κ2) is 3.21. The molecule has 0 N–H and O–H groups in total. The molecule has 0 aromatic heterocycles. The molecule has 0 bridgehead atoms. The van der Waals surface area contributed by atoms with Crippen molar-refractivity contribution >= 4 is 0 Å². The van der Waals surface area contributed by atoms with Crippen LogP contribution in [0.4, 0.5) is 0 Å². The van der Waals surface area contributed by atoms with Crippen molar-refractivity contribution in [3.63, 3.8) is 0 Å². The maximum Gasteiger partial charge on any atom is 0.0864 e. The Balaban J connectivity index is 2.27. The third-order valence-electron chi connectivity index (χ3n) is 3.40. The van der Waals surface area contributed by atoms with E-state index in [-0.39, 0.29) is 11.0 Å². The molecule has 1 aliphatic heterocycles. The summed E-state index contributed by atoms with van der Waals surface area (Å²) in [6.07, 6.45) is 8.13. The minimum absolute atomic E-state index is 0.0199. The van der Waals surface area contributed by atoms with E-state index in [1.165, 1.54) is 5.57 Å². The van der Waals surface area contributed by atoms with Gasteiger partial charge >= 0.3 is 0 Å². The van der Waals surface area contributed by atoms with E-state index < -0.39 is 0 Å². The van der Waals surface area contributed by atoms with E-state index in [0.29, 0.717) is 12.0 Å². The van der Waals surface area contributed by atoms with Gasteiger partial charge in [-0.25, -0.2) is 0 Å². The van der Waals surface area contributed by atoms with Crippen molar-refractivity contribution in [1.29, 1.82) is 0 Å². The number of fused-ring (bicyclic) bond motifs is 1. The van der Waals surface area contributed by atoms with Crippen molar-refractivity contribution in [2.75, 3.05) is 0 Å². The van der Waals surface area contributed by atoms with Crippen molar-refractivity contribution in [3.8, 4) is 0 Å². The molecule has 1 saturated heterocycles. The largest absolute Gasteiger partial charge is 0.367 e. The summed E-state index contributed by atoms with van der Waals surface area (Å²) in [4.78, 5) is 0. The number of hydrogen-bond acceptors (Lipinski definition) is 1. The highest BCUT2D eigenvalue weighted by Crippen LogP contribution is 2.45. The lowest BCUT2D eigenvalue weighted by Crippen LogP contribution is -2.34. The first kappa shape index (κ1) is 10.9. The molecule has 0 spiro atoms. The Morgan fingerprint density at radius 3 is 2.60 bits per heavy atom. The molecule has 1 aliphatic carbocycles. The Morgan fingerprint density at radius 1 is 1.33 bits per heavy atom. The lowest BCUT2D eigenvalue weighted by Gasteiger charge is -2.35. The average Bonchev–Trinajstić information content (AvgIpc) is 2.35. The quantitative estimate of drug-likeness (QED) is 0.587. The first-order valence-electron chi connectivity index (χ1n) is 5.85. The van der Waals surface area contributed by atoms with Crippen molar-refractivity contribution in [3.05, 3.63) is 23.8 Å². The van der Waals surface area contributed by atoms with Gasteiger partial charge in [-0.3, -0.25) is 0 Å². The number of ether oxygens (including phenoxy) is 1. The highest BCUT2D eigenvalue weighted by molar-refractivity contribution is 5.30. The molecule has 2 aliphatic rings. The maximum absolute atomic E-state index is 6.17. The number of hydrogen-bond donors (Lipinski definition) is 0. The second-order valence-corrected chi connectivity index (χ2v) is 6.49. The zero-order chi connectivity index (χ0) is 11.3. The first-order valence-corrected chi connectivity index (χ1v) is 5.85. The van der Waals surface area contributed by atoms with Crippen molar-refractivity contribution in [2.45, 2.75) is 52.7 Å². The van der Waals surface area contributed by atoms with Gasteiger partial charge < -0.3 is 4.74 Å². The van der Waals surface area contributed by atoms with E-state index in [1.807, 2.05) is 0 Å². The summed E-state index contributed by atoms with van der Waals surface area (Å²) in [5, 5.41) is 0. The molecule has 1 fully saturated rings. The third kappa shape index (κ3) is 2.03. The molecular weight excluding hydrogens is 184 g/mol. The fourth-order valence-electron chi connectivity index (χ4n) is 2.65. The summed E-state index contributed by atoms with van der Waals surface area (Å²) in [6.45, 7) is 11.2. The van der Waals surface area contributed by atoms with E-state index in [1.54, 1.807) is 0 Å². The highest BCUT2D eigenvalue weighted by Gasteiger charge is 2.43. The first-order chi connectivity index (χ1) is 6.80. The molecular formula is C14H22O. The average molecular weight is 206 g/mol. The molecule has 84 valence electrons. The third-order valence-corrected chi connectivity index (χ3v) is 3.40. The topological polar surface area (TPSA) is 9.23 Å². The molecule has 1 nitrogen and oxygen atoms in total. The van der Waals surface area contributed by atoms with Gasteiger partial charge in [0.2, 0.25) is 0 Å². The monoisotopic (exact) mass is 206 g/mol. The summed E-state index contributed by atoms with van der Waals surface area (Å²) in [5.74, 6) is 0.513. The van der Waals surface area contributed by atoms with Crippen molar-refractivity contribution in [2.24, 2.45) is 11.3 Å². The van der Waals surface area contributed by atoms with Crippen LogP contribution in [0, 0.1) is 11.3 Å². The van der Waals surface area contributed by atoms with Crippen LogP contribution in [0.3, 0.4) is 0 Å². The number of allylic oxidation sites excluding steroid dienone is 2. The summed E-state index contributed by atoms with van der Waals surface area (Å²) >= 11 is 0. The van der Waals surface area contributed by atoms with Gasteiger partial charge in [0, 0.05) is 5.92 Å². The van der Waals surface area contributed by atoms with Crippen LogP contribution in [0.5, 0.6) is 0 Å². The SMILES string of the molecule is CC1(C)CC2=CC=CC(C(C)(C)C)C2O1. The Kier molecular flexibility index (Phi) is 2.34. The minimum atomic E-state index is 0.0199. The fourth-order valence-corrected chi connectivity index (χ4v) is 2.65. The van der Waals surface area contributed by atoms with Crippen molar-refractivity contribution in [1.82, 2.24) is 0 Å². The molecule has 1 heteroatoms. The molecule has 2 atom stereocenters. The second-order valence-electron chi connectivity index (χ2n) is 6.49. The summed E-state index contributed by atoms with van der Waals surface area (Å²) in [7, 11) is 0. The van der Waals surface area contributed by atoms with Gasteiger partial charge in [0.25, 0.3) is 0 Å². The molecule has 2 unspecified atom stereocenters. The van der Waals surface area contributed by atoms with Gasteiger partial charge in [-0.05, 0) is 31.3 Å². The fraction of sp³-hybridized carbons (Fsp3) is 0.714. The van der Waals surface area contributed by atoms with E-state index in [9.17, 15) is 0 Å². The molecule has 0 saturated carbocycles. The Labute approximate surface area is 93.2 Å². The van der Waals surface area contributed by atoms with E-state index >= 15 is 0 Å². The molecule has 15 heavy (non-hydrogen) atoms. The van der Waals surface area contributed by atoms with Crippen LogP contribution in [0.15, 0.2) is 23.8 Å². The van der Waals surface area contributed by atoms with Gasteiger partial charge in [-0.1, -0.05) is 39.0 Å². The molecule has 2 rings (SSSR count). The van der Waals surface area contributed by atoms with Crippen LogP contribution in [-0.2, 0) is 4.74 Å². The smallest absolute Gasteiger partial charge is 0.0864 e. The molecule has 0 aromatic rings. The normalized spacial score (nSPS) is 33.8. The van der Waals surface area contributed by atoms with Crippen LogP contribution >= 0.6 is 0 Å². The number of rotatable bonds is 0. The Bertz CT molecular complexity index is 315. The molecule has 0 amide bonds. The van der Waals surface area contributed by atoms with Gasteiger partial charge in [0.1, 0.15) is 0 Å². The van der Waals surface area contributed by atoms with Crippen LogP contribution in [0.25, 0.3) is 0 Å². The zero-order valence-electron chi connectivity index (χ0n) is 10.5. The summed E-state index contributed by atoms with van der Waals surface area (Å²) < 4.78 is 6.17. The minimum Gasteiger partial charge on any atom is -0.367 e. The zero-order valence-corrected chi connectivity index (χ0v) is 10.5. The maximum atomic E-state index is 6.17. The van der Waals surface area contributed by atoms with Crippen LogP contribution in [-0.4, -0.2) is 11.7 Å². The Hall–Kier alpha value is -0.560. The highest BCUT2D eigenvalue weighted by atomic mass is 16.5. The van der Waals surface area contributed by atoms with Crippen molar-refractivity contribution < 1.29 is 4.74 Å². The summed E-state index contributed by atoms with van der Waals surface area (Å²) in [5.41, 5.74) is 1.77.